The molecule has 0 aromatic carbocycles. The lowest BCUT2D eigenvalue weighted by molar-refractivity contribution is -0.158. The Bertz CT molecular complexity index is 321. The molecule has 2 aliphatic carbocycles. The van der Waals surface area contributed by atoms with Crippen LogP contribution in [0.4, 0.5) is 0 Å². The van der Waals surface area contributed by atoms with E-state index in [-0.39, 0.29) is 18.1 Å². The van der Waals surface area contributed by atoms with E-state index in [1.54, 1.807) is 0 Å². The average molecular weight is 198 g/mol. The highest BCUT2D eigenvalue weighted by atomic mass is 16.4. The molecule has 76 valence electrons. The van der Waals surface area contributed by atoms with Gasteiger partial charge in [-0.3, -0.25) is 14.4 Å². The average Bonchev–Trinajstić information content (AvgIpc) is 2.58. The van der Waals surface area contributed by atoms with E-state index < -0.39 is 29.7 Å². The van der Waals surface area contributed by atoms with Crippen LogP contribution in [0, 0.1) is 23.7 Å². The summed E-state index contributed by atoms with van der Waals surface area (Å²) < 4.78 is 0. The molecule has 5 heteroatoms. The summed E-state index contributed by atoms with van der Waals surface area (Å²) in [6.45, 7) is 0. The van der Waals surface area contributed by atoms with Crippen molar-refractivity contribution in [3.05, 3.63) is 0 Å². The second-order valence-corrected chi connectivity index (χ2v) is 4.00. The number of aliphatic carboxylic acids is 2. The third-order valence-corrected chi connectivity index (χ3v) is 3.33. The molecular formula is C9H10O5. The topological polar surface area (TPSA) is 91.7 Å². The summed E-state index contributed by atoms with van der Waals surface area (Å²) in [4.78, 5) is 32.9. The van der Waals surface area contributed by atoms with Crippen LogP contribution < -0.4 is 0 Å². The van der Waals surface area contributed by atoms with Crippen molar-refractivity contribution in [2.45, 2.75) is 12.8 Å². The molecule has 0 radical (unpaired) electrons. The molecule has 2 N–H and O–H groups in total. The summed E-state index contributed by atoms with van der Waals surface area (Å²) in [5.41, 5.74) is 0. The molecule has 0 spiro atoms. The first-order chi connectivity index (χ1) is 6.52. The van der Waals surface area contributed by atoms with Crippen molar-refractivity contribution in [3.8, 4) is 0 Å². The maximum Gasteiger partial charge on any atom is 0.308 e. The molecule has 4 atom stereocenters. The normalized spacial score (nSPS) is 40.1. The first kappa shape index (κ1) is 9.18. The van der Waals surface area contributed by atoms with Crippen LogP contribution >= 0.6 is 0 Å². The van der Waals surface area contributed by atoms with Gasteiger partial charge >= 0.3 is 11.9 Å². The lowest BCUT2D eigenvalue weighted by atomic mass is 9.79. The van der Waals surface area contributed by atoms with Crippen molar-refractivity contribution in [1.29, 1.82) is 0 Å². The number of ketones is 1. The zero-order valence-corrected chi connectivity index (χ0v) is 7.34. The zero-order chi connectivity index (χ0) is 10.5. The molecule has 5 nitrogen and oxygen atoms in total. The molecule has 0 aromatic rings. The molecule has 14 heavy (non-hydrogen) atoms. The van der Waals surface area contributed by atoms with E-state index in [1.807, 2.05) is 0 Å². The molecule has 0 unspecified atom stereocenters. The highest BCUT2D eigenvalue weighted by Crippen LogP contribution is 2.50. The monoisotopic (exact) mass is 198 g/mol. The number of hydrogen-bond donors (Lipinski definition) is 2. The van der Waals surface area contributed by atoms with Crippen LogP contribution in [-0.4, -0.2) is 27.9 Å². The summed E-state index contributed by atoms with van der Waals surface area (Å²) >= 11 is 0. The molecule has 2 fully saturated rings. The second kappa shape index (κ2) is 2.80. The Labute approximate surface area is 79.7 Å². The zero-order valence-electron chi connectivity index (χ0n) is 7.34. The Morgan fingerprint density at radius 3 is 2.21 bits per heavy atom. The minimum absolute atomic E-state index is 0.0834. The van der Waals surface area contributed by atoms with Gasteiger partial charge in [0.25, 0.3) is 0 Å². The fourth-order valence-corrected chi connectivity index (χ4v) is 2.80. The Kier molecular flexibility index (Phi) is 1.83. The van der Waals surface area contributed by atoms with Gasteiger partial charge in [-0.1, -0.05) is 0 Å². The van der Waals surface area contributed by atoms with Crippen LogP contribution in [-0.2, 0) is 14.4 Å². The third-order valence-electron chi connectivity index (χ3n) is 3.33. The summed E-state index contributed by atoms with van der Waals surface area (Å²) in [6.07, 6.45) is 0.679. The Morgan fingerprint density at radius 2 is 1.71 bits per heavy atom. The summed E-state index contributed by atoms with van der Waals surface area (Å²) in [7, 11) is 0. The first-order valence-corrected chi connectivity index (χ1v) is 4.50. The van der Waals surface area contributed by atoms with Crippen molar-refractivity contribution in [2.24, 2.45) is 23.7 Å². The molecule has 2 aliphatic rings. The van der Waals surface area contributed by atoms with Gasteiger partial charge in [-0.2, -0.15) is 0 Å². The van der Waals surface area contributed by atoms with Crippen LogP contribution in [0.2, 0.25) is 0 Å². The molecular weight excluding hydrogens is 188 g/mol. The summed E-state index contributed by atoms with van der Waals surface area (Å²) in [5.74, 6) is -5.01. The number of carbonyl (C=O) groups is 3. The highest BCUT2D eigenvalue weighted by molar-refractivity contribution is 5.94. The standard InChI is InChI=1S/C9H10O5/c10-5-2-3-1-4(5)7(9(13)14)6(3)8(11)12/h3-4,6-7H,1-2H2,(H,11,12)(H,13,14)/t3-,4+,6-,7+/m1/s1. The fraction of sp³-hybridized carbons (Fsp3) is 0.667. The van der Waals surface area contributed by atoms with Gasteiger partial charge < -0.3 is 10.2 Å². The van der Waals surface area contributed by atoms with Crippen molar-refractivity contribution in [1.82, 2.24) is 0 Å². The van der Waals surface area contributed by atoms with Gasteiger partial charge in [-0.05, 0) is 12.3 Å². The first-order valence-electron chi connectivity index (χ1n) is 4.50. The van der Waals surface area contributed by atoms with Crippen LogP contribution in [0.3, 0.4) is 0 Å². The van der Waals surface area contributed by atoms with Crippen LogP contribution in [0.1, 0.15) is 12.8 Å². The SMILES string of the molecule is O=C(O)[C@@H]1[C@H]2CC(=O)[C@H](C2)[C@@H]1C(=O)O. The van der Waals surface area contributed by atoms with Gasteiger partial charge in [-0.25, -0.2) is 0 Å². The highest BCUT2D eigenvalue weighted by Gasteiger charge is 2.58. The molecule has 0 amide bonds. The second-order valence-electron chi connectivity index (χ2n) is 4.00. The number of carbonyl (C=O) groups excluding carboxylic acids is 1. The number of carboxylic acids is 2. The van der Waals surface area contributed by atoms with Crippen LogP contribution in [0.15, 0.2) is 0 Å². The molecule has 2 bridgehead atoms. The molecule has 2 saturated carbocycles. The number of hydrogen-bond acceptors (Lipinski definition) is 3. The maximum absolute atomic E-state index is 11.3. The van der Waals surface area contributed by atoms with E-state index in [4.69, 9.17) is 10.2 Å². The van der Waals surface area contributed by atoms with Gasteiger partial charge in [0.15, 0.2) is 0 Å². The minimum Gasteiger partial charge on any atom is -0.481 e. The van der Waals surface area contributed by atoms with Crippen LogP contribution in [0.5, 0.6) is 0 Å². The quantitative estimate of drug-likeness (QED) is 0.651. The predicted molar refractivity (Wildman–Crippen MR) is 43.5 cm³/mol. The minimum atomic E-state index is -1.15. The molecule has 0 heterocycles. The lowest BCUT2D eigenvalue weighted by Gasteiger charge is -2.23. The van der Waals surface area contributed by atoms with E-state index in [9.17, 15) is 14.4 Å². The van der Waals surface area contributed by atoms with Crippen molar-refractivity contribution in [2.75, 3.05) is 0 Å². The number of Topliss-reactive ketones (excluding diaryl/α,β-unsaturated/α-hetero) is 1. The van der Waals surface area contributed by atoms with E-state index in [2.05, 4.69) is 0 Å². The van der Waals surface area contributed by atoms with Gasteiger partial charge in [0.05, 0.1) is 11.8 Å². The Hall–Kier alpha value is -1.39. The largest absolute Gasteiger partial charge is 0.481 e. The number of carboxylic acid groups (broad SMARTS) is 2. The molecule has 0 saturated heterocycles. The molecule has 2 rings (SSSR count). The number of rotatable bonds is 2. The van der Waals surface area contributed by atoms with Gasteiger partial charge in [0, 0.05) is 12.3 Å². The van der Waals surface area contributed by atoms with Crippen LogP contribution in [0.25, 0.3) is 0 Å². The smallest absolute Gasteiger partial charge is 0.308 e. The van der Waals surface area contributed by atoms with Crippen molar-refractivity contribution < 1.29 is 24.6 Å². The summed E-state index contributed by atoms with van der Waals surface area (Å²) in [6, 6.07) is 0. The molecule has 0 aromatic heterocycles. The van der Waals surface area contributed by atoms with Crippen molar-refractivity contribution in [3.63, 3.8) is 0 Å². The van der Waals surface area contributed by atoms with Crippen molar-refractivity contribution >= 4 is 17.7 Å². The number of fused-ring (bicyclic) bond motifs is 2. The Balaban J connectivity index is 2.32. The van der Waals surface area contributed by atoms with Gasteiger partial charge in [0.2, 0.25) is 0 Å². The van der Waals surface area contributed by atoms with Gasteiger partial charge in [0.1, 0.15) is 5.78 Å². The predicted octanol–water partition coefficient (Wildman–Crippen LogP) is -0.00310. The van der Waals surface area contributed by atoms with E-state index >= 15 is 0 Å². The molecule has 0 aliphatic heterocycles. The third kappa shape index (κ3) is 1.05. The maximum atomic E-state index is 11.3. The van der Waals surface area contributed by atoms with E-state index in [1.165, 1.54) is 0 Å². The fourth-order valence-electron chi connectivity index (χ4n) is 2.80. The van der Waals surface area contributed by atoms with E-state index in [0.29, 0.717) is 6.42 Å². The Morgan fingerprint density at radius 1 is 1.14 bits per heavy atom. The summed E-state index contributed by atoms with van der Waals surface area (Å²) in [5, 5.41) is 17.7. The van der Waals surface area contributed by atoms with E-state index in [0.717, 1.165) is 0 Å². The lowest BCUT2D eigenvalue weighted by Crippen LogP contribution is -2.38. The van der Waals surface area contributed by atoms with Gasteiger partial charge in [-0.15, -0.1) is 0 Å².